The highest BCUT2D eigenvalue weighted by Crippen LogP contribution is 2.61. The lowest BCUT2D eigenvalue weighted by atomic mass is 10.0. The zero-order valence-corrected chi connectivity index (χ0v) is 13.4. The van der Waals surface area contributed by atoms with Crippen LogP contribution in [0, 0.1) is 19.8 Å². The molecule has 0 saturated heterocycles. The zero-order chi connectivity index (χ0) is 15.7. The largest absolute Gasteiger partial charge is 0.466 e. The van der Waals surface area contributed by atoms with Gasteiger partial charge in [0, 0.05) is 11.8 Å². The summed E-state index contributed by atoms with van der Waals surface area (Å²) < 4.78 is 5.29. The quantitative estimate of drug-likeness (QED) is 0.783. The van der Waals surface area contributed by atoms with E-state index in [0.29, 0.717) is 6.61 Å². The molecule has 2 heteroatoms. The number of carbonyl (C=O) groups is 1. The molecular formula is C20H22O2. The van der Waals surface area contributed by atoms with Gasteiger partial charge in [-0.05, 0) is 31.9 Å². The van der Waals surface area contributed by atoms with Gasteiger partial charge in [-0.2, -0.15) is 0 Å². The zero-order valence-electron chi connectivity index (χ0n) is 13.4. The third-order valence-corrected chi connectivity index (χ3v) is 4.43. The topological polar surface area (TPSA) is 26.3 Å². The maximum atomic E-state index is 12.3. The lowest BCUT2D eigenvalue weighted by Gasteiger charge is -2.03. The third kappa shape index (κ3) is 2.78. The maximum Gasteiger partial charge on any atom is 0.310 e. The van der Waals surface area contributed by atoms with Crippen LogP contribution in [0.3, 0.4) is 0 Å². The summed E-state index contributed by atoms with van der Waals surface area (Å²) in [5.74, 6) is 0.352. The van der Waals surface area contributed by atoms with Gasteiger partial charge in [0.1, 0.15) is 0 Å². The molecule has 2 atom stereocenters. The first kappa shape index (κ1) is 14.8. The Balaban J connectivity index is 1.94. The molecule has 2 aromatic carbocycles. The van der Waals surface area contributed by atoms with Gasteiger partial charge < -0.3 is 4.74 Å². The summed E-state index contributed by atoms with van der Waals surface area (Å²) in [6.07, 6.45) is 0. The third-order valence-electron chi connectivity index (χ3n) is 4.43. The van der Waals surface area contributed by atoms with E-state index in [2.05, 4.69) is 62.4 Å². The molecule has 0 spiro atoms. The minimum Gasteiger partial charge on any atom is -0.466 e. The fraction of sp³-hybridized carbons (Fsp3) is 0.350. The molecule has 114 valence electrons. The van der Waals surface area contributed by atoms with Crippen molar-refractivity contribution in [2.45, 2.75) is 32.6 Å². The first-order chi connectivity index (χ1) is 10.6. The predicted molar refractivity (Wildman–Crippen MR) is 88.0 cm³/mol. The lowest BCUT2D eigenvalue weighted by molar-refractivity contribution is -0.144. The van der Waals surface area contributed by atoms with Gasteiger partial charge in [-0.25, -0.2) is 0 Å². The molecule has 0 radical (unpaired) electrons. The summed E-state index contributed by atoms with van der Waals surface area (Å²) in [7, 11) is 0. The number of ether oxygens (including phenoxy) is 1. The number of hydrogen-bond donors (Lipinski definition) is 0. The summed E-state index contributed by atoms with van der Waals surface area (Å²) in [6, 6.07) is 16.9. The van der Waals surface area contributed by atoms with E-state index in [-0.39, 0.29) is 23.7 Å². The predicted octanol–water partition coefficient (Wildman–Crippen LogP) is 4.36. The molecule has 0 aromatic heterocycles. The first-order valence-electron chi connectivity index (χ1n) is 7.91. The molecule has 0 bridgehead atoms. The Bertz CT molecular complexity index is 638. The second kappa shape index (κ2) is 5.96. The van der Waals surface area contributed by atoms with E-state index in [9.17, 15) is 4.79 Å². The molecule has 0 heterocycles. The second-order valence-corrected chi connectivity index (χ2v) is 6.16. The Morgan fingerprint density at radius 1 is 0.955 bits per heavy atom. The molecule has 2 aromatic rings. The van der Waals surface area contributed by atoms with Crippen LogP contribution in [-0.4, -0.2) is 12.6 Å². The molecule has 22 heavy (non-hydrogen) atoms. The van der Waals surface area contributed by atoms with Crippen molar-refractivity contribution in [3.63, 3.8) is 0 Å². The van der Waals surface area contributed by atoms with Gasteiger partial charge in [-0.15, -0.1) is 0 Å². The molecule has 1 fully saturated rings. The van der Waals surface area contributed by atoms with Gasteiger partial charge in [-0.1, -0.05) is 59.7 Å². The minimum absolute atomic E-state index is 0.0523. The molecule has 3 rings (SSSR count). The highest BCUT2D eigenvalue weighted by atomic mass is 16.5. The van der Waals surface area contributed by atoms with Crippen LogP contribution in [0.2, 0.25) is 0 Å². The van der Waals surface area contributed by atoms with Crippen molar-refractivity contribution in [2.24, 2.45) is 5.92 Å². The number of benzene rings is 2. The van der Waals surface area contributed by atoms with Gasteiger partial charge in [0.05, 0.1) is 12.5 Å². The van der Waals surface area contributed by atoms with Gasteiger partial charge in [0.15, 0.2) is 0 Å². The Kier molecular flexibility index (Phi) is 4.02. The molecule has 1 saturated carbocycles. The van der Waals surface area contributed by atoms with Gasteiger partial charge in [0.25, 0.3) is 0 Å². The summed E-state index contributed by atoms with van der Waals surface area (Å²) in [4.78, 5) is 12.3. The van der Waals surface area contributed by atoms with Crippen LogP contribution in [-0.2, 0) is 9.53 Å². The van der Waals surface area contributed by atoms with Crippen LogP contribution < -0.4 is 0 Å². The van der Waals surface area contributed by atoms with Crippen molar-refractivity contribution in [3.8, 4) is 0 Å². The molecule has 0 amide bonds. The summed E-state index contributed by atoms with van der Waals surface area (Å²) in [6.45, 7) is 6.49. The monoisotopic (exact) mass is 294 g/mol. The Morgan fingerprint density at radius 3 is 1.86 bits per heavy atom. The molecule has 0 N–H and O–H groups in total. The average Bonchev–Trinajstić information content (AvgIpc) is 3.23. The van der Waals surface area contributed by atoms with E-state index in [1.165, 1.54) is 22.3 Å². The highest BCUT2D eigenvalue weighted by molar-refractivity contribution is 5.80. The summed E-state index contributed by atoms with van der Waals surface area (Å²) in [5, 5.41) is 0. The van der Waals surface area contributed by atoms with Gasteiger partial charge in [0.2, 0.25) is 0 Å². The van der Waals surface area contributed by atoms with E-state index in [1.807, 2.05) is 6.92 Å². The second-order valence-electron chi connectivity index (χ2n) is 6.16. The van der Waals surface area contributed by atoms with E-state index < -0.39 is 0 Å². The minimum atomic E-state index is -0.0690. The maximum absolute atomic E-state index is 12.3. The van der Waals surface area contributed by atoms with Crippen LogP contribution in [0.25, 0.3) is 0 Å². The van der Waals surface area contributed by atoms with E-state index >= 15 is 0 Å². The van der Waals surface area contributed by atoms with Crippen molar-refractivity contribution < 1.29 is 9.53 Å². The molecule has 0 aliphatic heterocycles. The fourth-order valence-corrected chi connectivity index (χ4v) is 3.43. The average molecular weight is 294 g/mol. The van der Waals surface area contributed by atoms with Crippen LogP contribution in [0.15, 0.2) is 48.5 Å². The Hall–Kier alpha value is -2.09. The first-order valence-corrected chi connectivity index (χ1v) is 7.91. The smallest absolute Gasteiger partial charge is 0.310 e. The van der Waals surface area contributed by atoms with Gasteiger partial charge in [-0.3, -0.25) is 4.79 Å². The normalized spacial score (nSPS) is 23.1. The number of esters is 1. The highest BCUT2D eigenvalue weighted by Gasteiger charge is 2.57. The Morgan fingerprint density at radius 2 is 1.45 bits per heavy atom. The summed E-state index contributed by atoms with van der Waals surface area (Å²) >= 11 is 0. The van der Waals surface area contributed by atoms with Crippen LogP contribution in [0.4, 0.5) is 0 Å². The fourth-order valence-electron chi connectivity index (χ4n) is 3.43. The van der Waals surface area contributed by atoms with Crippen LogP contribution >= 0.6 is 0 Å². The lowest BCUT2D eigenvalue weighted by Crippen LogP contribution is -2.08. The van der Waals surface area contributed by atoms with Crippen LogP contribution in [0.1, 0.15) is 41.0 Å². The molecular weight excluding hydrogens is 272 g/mol. The summed E-state index contributed by atoms with van der Waals surface area (Å²) in [5.41, 5.74) is 4.94. The van der Waals surface area contributed by atoms with E-state index in [1.54, 1.807) is 0 Å². The molecule has 1 aliphatic carbocycles. The molecule has 1 aliphatic rings. The number of aryl methyl sites for hydroxylation is 2. The number of hydrogen-bond acceptors (Lipinski definition) is 2. The molecule has 0 unspecified atom stereocenters. The van der Waals surface area contributed by atoms with Crippen molar-refractivity contribution in [1.29, 1.82) is 0 Å². The van der Waals surface area contributed by atoms with Crippen molar-refractivity contribution in [3.05, 3.63) is 70.8 Å². The van der Waals surface area contributed by atoms with Crippen LogP contribution in [0.5, 0.6) is 0 Å². The van der Waals surface area contributed by atoms with Crippen molar-refractivity contribution in [1.82, 2.24) is 0 Å². The van der Waals surface area contributed by atoms with E-state index in [4.69, 9.17) is 4.74 Å². The Labute approximate surface area is 132 Å². The van der Waals surface area contributed by atoms with Gasteiger partial charge >= 0.3 is 5.97 Å². The van der Waals surface area contributed by atoms with E-state index in [0.717, 1.165) is 0 Å². The van der Waals surface area contributed by atoms with Crippen molar-refractivity contribution in [2.75, 3.05) is 6.61 Å². The number of carbonyl (C=O) groups excluding carboxylic acids is 1. The van der Waals surface area contributed by atoms with Crippen molar-refractivity contribution >= 4 is 5.97 Å². The molecule has 2 nitrogen and oxygen atoms in total. The number of rotatable bonds is 4. The standard InChI is InChI=1S/C20H22O2/c1-4-22-20(21)19-17(15-9-5-7-13(2)11-15)18(19)16-10-6-8-14(3)12-16/h5-12,17-19H,4H2,1-3H3/t17-,18-/m0/s1. The SMILES string of the molecule is CCOC(=O)C1[C@@H](c2cccc(C)c2)[C@@H]1c1cccc(C)c1.